The number of hydrogen-bond donors (Lipinski definition) is 2. The summed E-state index contributed by atoms with van der Waals surface area (Å²) in [6.07, 6.45) is 3.56. The molecule has 0 atom stereocenters. The van der Waals surface area contributed by atoms with E-state index in [1.165, 1.54) is 32.4 Å². The number of carbonyl (C=O) groups excluding carboxylic acids is 4. The second kappa shape index (κ2) is 12.7. The minimum absolute atomic E-state index is 0.0348. The fourth-order valence-corrected chi connectivity index (χ4v) is 4.14. The molecule has 0 aliphatic carbocycles. The van der Waals surface area contributed by atoms with Crippen molar-refractivity contribution in [1.29, 1.82) is 0 Å². The molecule has 0 unspecified atom stereocenters. The molecule has 3 aromatic rings. The standard InChI is InChI=1S/C30H29N3O8/c1-5-8-20-13-19(15-25(38-3)27(20)40-17-26(34)31-22-10-7-6-9-18(22)2)14-23-28(35)33(30(37)32-23)16-21-11-12-24(41-21)29(36)39-4/h5-7,9-15H,1,8,16-17H2,2-4H3,(H,31,34)(H,32,37)/b23-14-. The van der Waals surface area contributed by atoms with Gasteiger partial charge in [0.15, 0.2) is 18.1 Å². The number of benzene rings is 2. The number of imide groups is 1. The number of ether oxygens (including phenoxy) is 3. The van der Waals surface area contributed by atoms with Crippen molar-refractivity contribution >= 4 is 35.6 Å². The first kappa shape index (κ1) is 28.7. The van der Waals surface area contributed by atoms with Crippen LogP contribution in [-0.2, 0) is 27.3 Å². The molecule has 1 aliphatic heterocycles. The van der Waals surface area contributed by atoms with Crippen molar-refractivity contribution < 1.29 is 37.8 Å². The molecule has 2 N–H and O–H groups in total. The molecule has 0 spiro atoms. The number of allylic oxidation sites excluding steroid dienone is 1. The zero-order valence-electron chi connectivity index (χ0n) is 22.8. The van der Waals surface area contributed by atoms with Gasteiger partial charge in [0.25, 0.3) is 11.8 Å². The van der Waals surface area contributed by atoms with E-state index in [4.69, 9.17) is 13.9 Å². The quantitative estimate of drug-likeness (QED) is 0.154. The molecule has 1 saturated heterocycles. The molecule has 1 fully saturated rings. The second-order valence-corrected chi connectivity index (χ2v) is 8.99. The van der Waals surface area contributed by atoms with Crippen LogP contribution in [0.15, 0.2) is 71.3 Å². The number of aryl methyl sites for hydroxylation is 1. The Morgan fingerprint density at radius 3 is 2.61 bits per heavy atom. The molecule has 0 saturated carbocycles. The molecular weight excluding hydrogens is 530 g/mol. The number of carbonyl (C=O) groups is 4. The number of rotatable bonds is 11. The van der Waals surface area contributed by atoms with Gasteiger partial charge in [0.1, 0.15) is 11.5 Å². The highest BCUT2D eigenvalue weighted by molar-refractivity contribution is 6.13. The van der Waals surface area contributed by atoms with Crippen molar-refractivity contribution in [2.75, 3.05) is 26.1 Å². The molecule has 1 aliphatic rings. The molecular formula is C30H29N3O8. The topological polar surface area (TPSA) is 136 Å². The lowest BCUT2D eigenvalue weighted by molar-refractivity contribution is -0.123. The summed E-state index contributed by atoms with van der Waals surface area (Å²) in [5.74, 6) is -0.704. The van der Waals surface area contributed by atoms with E-state index < -0.39 is 17.9 Å². The average Bonchev–Trinajstić information content (AvgIpc) is 3.53. The Balaban J connectivity index is 1.52. The minimum atomic E-state index is -0.669. The Labute approximate surface area is 236 Å². The third-order valence-electron chi connectivity index (χ3n) is 6.14. The summed E-state index contributed by atoms with van der Waals surface area (Å²) in [6, 6.07) is 13.0. The highest BCUT2D eigenvalue weighted by atomic mass is 16.5. The van der Waals surface area contributed by atoms with Gasteiger partial charge in [-0.15, -0.1) is 6.58 Å². The van der Waals surface area contributed by atoms with Gasteiger partial charge in [0.05, 0.1) is 20.8 Å². The highest BCUT2D eigenvalue weighted by Crippen LogP contribution is 2.35. The van der Waals surface area contributed by atoms with Gasteiger partial charge >= 0.3 is 12.0 Å². The number of furan rings is 1. The van der Waals surface area contributed by atoms with Crippen molar-refractivity contribution in [2.24, 2.45) is 0 Å². The van der Waals surface area contributed by atoms with Crippen LogP contribution in [0.2, 0.25) is 0 Å². The number of esters is 1. The van der Waals surface area contributed by atoms with E-state index in [2.05, 4.69) is 21.9 Å². The van der Waals surface area contributed by atoms with E-state index in [9.17, 15) is 19.2 Å². The lowest BCUT2D eigenvalue weighted by Crippen LogP contribution is -2.30. The maximum absolute atomic E-state index is 13.0. The molecule has 2 aromatic carbocycles. The Bertz CT molecular complexity index is 1540. The Hall–Kier alpha value is -5.32. The minimum Gasteiger partial charge on any atom is -0.493 e. The smallest absolute Gasteiger partial charge is 0.373 e. The van der Waals surface area contributed by atoms with Gasteiger partial charge in [-0.05, 0) is 60.9 Å². The summed E-state index contributed by atoms with van der Waals surface area (Å²) in [6.45, 7) is 5.24. The average molecular weight is 560 g/mol. The third-order valence-corrected chi connectivity index (χ3v) is 6.14. The molecule has 0 bridgehead atoms. The van der Waals surface area contributed by atoms with E-state index in [-0.39, 0.29) is 36.3 Å². The van der Waals surface area contributed by atoms with Crippen LogP contribution in [0, 0.1) is 6.92 Å². The van der Waals surface area contributed by atoms with Crippen molar-refractivity contribution in [3.63, 3.8) is 0 Å². The second-order valence-electron chi connectivity index (χ2n) is 8.99. The molecule has 4 rings (SSSR count). The van der Waals surface area contributed by atoms with Gasteiger partial charge in [0.2, 0.25) is 5.76 Å². The van der Waals surface area contributed by atoms with Crippen LogP contribution >= 0.6 is 0 Å². The number of urea groups is 1. The number of hydrogen-bond acceptors (Lipinski definition) is 8. The lowest BCUT2D eigenvalue weighted by Gasteiger charge is -2.16. The van der Waals surface area contributed by atoms with Gasteiger partial charge < -0.3 is 29.3 Å². The predicted molar refractivity (Wildman–Crippen MR) is 149 cm³/mol. The Morgan fingerprint density at radius 1 is 1.12 bits per heavy atom. The third kappa shape index (κ3) is 6.64. The maximum Gasteiger partial charge on any atom is 0.373 e. The summed E-state index contributed by atoms with van der Waals surface area (Å²) in [5, 5.41) is 5.38. The lowest BCUT2D eigenvalue weighted by atomic mass is 10.0. The Kier molecular flexibility index (Phi) is 8.88. The van der Waals surface area contributed by atoms with Crippen LogP contribution in [-0.4, -0.2) is 49.5 Å². The molecule has 2 heterocycles. The van der Waals surface area contributed by atoms with Crippen LogP contribution in [0.5, 0.6) is 11.5 Å². The molecule has 11 heteroatoms. The van der Waals surface area contributed by atoms with Gasteiger partial charge in [-0.1, -0.05) is 24.3 Å². The summed E-state index contributed by atoms with van der Waals surface area (Å²) < 4.78 is 21.4. The van der Waals surface area contributed by atoms with Crippen LogP contribution in [0.4, 0.5) is 10.5 Å². The molecule has 212 valence electrons. The fraction of sp³-hybridized carbons (Fsp3) is 0.200. The fourth-order valence-electron chi connectivity index (χ4n) is 4.14. The highest BCUT2D eigenvalue weighted by Gasteiger charge is 2.34. The number of methoxy groups -OCH3 is 2. The van der Waals surface area contributed by atoms with Crippen LogP contribution in [0.1, 0.15) is 33.0 Å². The number of amides is 4. The van der Waals surface area contributed by atoms with Crippen molar-refractivity contribution in [2.45, 2.75) is 19.9 Å². The van der Waals surface area contributed by atoms with Crippen molar-refractivity contribution in [3.8, 4) is 11.5 Å². The summed E-state index contributed by atoms with van der Waals surface area (Å²) in [7, 11) is 2.68. The first-order valence-corrected chi connectivity index (χ1v) is 12.6. The monoisotopic (exact) mass is 559 g/mol. The number of para-hydroxylation sites is 1. The van der Waals surface area contributed by atoms with Crippen molar-refractivity contribution in [1.82, 2.24) is 10.2 Å². The van der Waals surface area contributed by atoms with E-state index >= 15 is 0 Å². The normalized spacial score (nSPS) is 13.6. The predicted octanol–water partition coefficient (Wildman–Crippen LogP) is 4.22. The zero-order chi connectivity index (χ0) is 29.5. The van der Waals surface area contributed by atoms with Gasteiger partial charge in [-0.3, -0.25) is 14.5 Å². The first-order valence-electron chi connectivity index (χ1n) is 12.6. The molecule has 0 radical (unpaired) electrons. The van der Waals surface area contributed by atoms with Gasteiger partial charge in [0, 0.05) is 11.3 Å². The SMILES string of the molecule is C=CCc1cc(/C=C2\NC(=O)N(Cc3ccc(C(=O)OC)o3)C2=O)cc(OC)c1OCC(=O)Nc1ccccc1C. The molecule has 4 amide bonds. The van der Waals surface area contributed by atoms with Crippen LogP contribution in [0.25, 0.3) is 6.08 Å². The van der Waals surface area contributed by atoms with Gasteiger partial charge in [-0.25, -0.2) is 9.59 Å². The van der Waals surface area contributed by atoms with Crippen LogP contribution in [0.3, 0.4) is 0 Å². The molecule has 41 heavy (non-hydrogen) atoms. The zero-order valence-corrected chi connectivity index (χ0v) is 22.8. The van der Waals surface area contributed by atoms with Crippen LogP contribution < -0.4 is 20.1 Å². The van der Waals surface area contributed by atoms with E-state index in [1.54, 1.807) is 24.3 Å². The number of nitrogens with one attached hydrogen (secondary N) is 2. The first-order chi connectivity index (χ1) is 19.7. The van der Waals surface area contributed by atoms with E-state index in [1.807, 2.05) is 25.1 Å². The number of nitrogens with zero attached hydrogens (tertiary/aromatic N) is 1. The summed E-state index contributed by atoms with van der Waals surface area (Å²) in [5.41, 5.74) is 2.86. The summed E-state index contributed by atoms with van der Waals surface area (Å²) in [4.78, 5) is 50.7. The maximum atomic E-state index is 13.0. The van der Waals surface area contributed by atoms with Gasteiger partial charge in [-0.2, -0.15) is 0 Å². The van der Waals surface area contributed by atoms with Crippen molar-refractivity contribution in [3.05, 3.63) is 95.1 Å². The van der Waals surface area contributed by atoms with E-state index in [0.717, 1.165) is 10.5 Å². The molecule has 1 aromatic heterocycles. The Morgan fingerprint density at radius 2 is 1.90 bits per heavy atom. The summed E-state index contributed by atoms with van der Waals surface area (Å²) >= 11 is 0. The molecule has 11 nitrogen and oxygen atoms in total. The largest absolute Gasteiger partial charge is 0.493 e. The number of anilines is 1. The van der Waals surface area contributed by atoms with E-state index in [0.29, 0.717) is 34.7 Å².